The molecule has 1 aromatic heterocycles. The first-order valence-corrected chi connectivity index (χ1v) is 11.8. The van der Waals surface area contributed by atoms with Gasteiger partial charge in [0.05, 0.1) is 12.6 Å². The molecule has 0 bridgehead atoms. The summed E-state index contributed by atoms with van der Waals surface area (Å²) < 4.78 is 36.8. The minimum atomic E-state index is -1.74. The van der Waals surface area contributed by atoms with E-state index in [1.54, 1.807) is 0 Å². The third kappa shape index (κ3) is 3.55. The summed E-state index contributed by atoms with van der Waals surface area (Å²) in [4.78, 5) is 25.6. The molecule has 3 saturated heterocycles. The Bertz CT molecular complexity index is 1080. The van der Waals surface area contributed by atoms with E-state index in [0.29, 0.717) is 0 Å². The van der Waals surface area contributed by atoms with Crippen molar-refractivity contribution in [2.75, 3.05) is 13.2 Å². The van der Waals surface area contributed by atoms with Gasteiger partial charge >= 0.3 is 5.69 Å². The number of aliphatic hydroxyl groups is 1. The number of H-pyrrole nitrogens is 1. The van der Waals surface area contributed by atoms with Gasteiger partial charge in [-0.15, -0.1) is 0 Å². The number of benzene rings is 1. The number of aliphatic hydroxyl groups excluding tert-OH is 1. The Hall–Kier alpha value is -1.94. The van der Waals surface area contributed by atoms with Gasteiger partial charge in [0.25, 0.3) is 14.1 Å². The molecule has 1 unspecified atom stereocenters. The summed E-state index contributed by atoms with van der Waals surface area (Å²) >= 11 is 0. The van der Waals surface area contributed by atoms with E-state index < -0.39 is 56.6 Å². The highest BCUT2D eigenvalue weighted by Gasteiger charge is 2.57. The van der Waals surface area contributed by atoms with Crippen molar-refractivity contribution in [3.63, 3.8) is 0 Å². The Balaban J connectivity index is 1.40. The zero-order valence-corrected chi connectivity index (χ0v) is 18.4. The highest BCUT2D eigenvalue weighted by atomic mass is 31.2. The van der Waals surface area contributed by atoms with E-state index in [0.717, 1.165) is 35.6 Å². The molecule has 0 aliphatic carbocycles. The van der Waals surface area contributed by atoms with E-state index in [1.165, 1.54) is 6.20 Å². The van der Waals surface area contributed by atoms with Crippen LogP contribution in [-0.4, -0.2) is 56.9 Å². The number of aromatic amines is 1. The number of ether oxygens (including phenoxy) is 1. The summed E-state index contributed by atoms with van der Waals surface area (Å²) in [6.45, 7) is 2.32. The van der Waals surface area contributed by atoms with Crippen molar-refractivity contribution >= 4 is 8.53 Å². The molecule has 3 aliphatic rings. The van der Waals surface area contributed by atoms with Gasteiger partial charge in [0.15, 0.2) is 12.4 Å². The van der Waals surface area contributed by atoms with Crippen LogP contribution >= 0.6 is 8.53 Å². The molecule has 172 valence electrons. The number of halogens is 1. The van der Waals surface area contributed by atoms with Crippen LogP contribution in [0.25, 0.3) is 0 Å². The Labute approximate surface area is 184 Å². The topological polar surface area (TPSA) is 106 Å². The van der Waals surface area contributed by atoms with Crippen molar-refractivity contribution in [1.82, 2.24) is 14.2 Å². The number of hydrogen-bond acceptors (Lipinski definition) is 7. The molecule has 3 fully saturated rings. The van der Waals surface area contributed by atoms with Crippen LogP contribution in [-0.2, 0) is 19.4 Å². The minimum absolute atomic E-state index is 0.0987. The van der Waals surface area contributed by atoms with Crippen LogP contribution in [0.2, 0.25) is 0 Å². The quantitative estimate of drug-likeness (QED) is 0.649. The first-order valence-electron chi connectivity index (χ1n) is 10.6. The van der Waals surface area contributed by atoms with Crippen molar-refractivity contribution < 1.29 is 23.3 Å². The zero-order valence-electron chi connectivity index (χ0n) is 17.5. The van der Waals surface area contributed by atoms with Gasteiger partial charge in [-0.1, -0.05) is 30.3 Å². The lowest BCUT2D eigenvalue weighted by molar-refractivity contribution is -0.0477. The molecule has 0 radical (unpaired) electrons. The average molecular weight is 465 g/mol. The Morgan fingerprint density at radius 2 is 2.09 bits per heavy atom. The maximum Gasteiger partial charge on any atom is 0.330 e. The maximum atomic E-state index is 15.5. The molecule has 5 rings (SSSR count). The van der Waals surface area contributed by atoms with Gasteiger partial charge in [-0.05, 0) is 25.3 Å². The van der Waals surface area contributed by atoms with Gasteiger partial charge in [0, 0.05) is 18.8 Å². The number of nitrogens with zero attached hydrogens (tertiary/aromatic N) is 2. The lowest BCUT2D eigenvalue weighted by Gasteiger charge is -2.29. The fraction of sp³-hybridized carbons (Fsp3) is 0.524. The Morgan fingerprint density at radius 1 is 1.31 bits per heavy atom. The standard InChI is InChI=1S/C21H25FN3O6P/c1-21(13-6-3-2-4-7-13)15-8-5-10-25(15)32(31-21)30-18-14(12-26)29-19(17(18)22)24-11-9-16(27)23-20(24)28/h2-4,6-7,9,11,14-15,17-19,26H,5,8,10,12H2,1H3,(H,23,27,28)/t14-,15+,17+,18?,19-,21-,32+/m1/s1. The van der Waals surface area contributed by atoms with Gasteiger partial charge in [-0.3, -0.25) is 14.3 Å². The molecule has 0 spiro atoms. The van der Waals surface area contributed by atoms with Crippen LogP contribution in [0.1, 0.15) is 31.6 Å². The number of fused-ring (bicyclic) bond motifs is 1. The summed E-state index contributed by atoms with van der Waals surface area (Å²) in [5, 5.41) is 9.81. The van der Waals surface area contributed by atoms with Gasteiger partial charge in [-0.2, -0.15) is 0 Å². The first-order chi connectivity index (χ1) is 15.4. The van der Waals surface area contributed by atoms with E-state index in [4.69, 9.17) is 13.8 Å². The molecule has 9 nitrogen and oxygen atoms in total. The third-order valence-corrected chi connectivity index (χ3v) is 8.33. The fourth-order valence-corrected chi connectivity index (χ4v) is 6.95. The average Bonchev–Trinajstić information content (AvgIpc) is 3.46. The van der Waals surface area contributed by atoms with Crippen LogP contribution in [0.15, 0.2) is 52.2 Å². The second kappa shape index (κ2) is 8.44. The maximum absolute atomic E-state index is 15.5. The summed E-state index contributed by atoms with van der Waals surface area (Å²) in [5.74, 6) is 0. The molecule has 2 aromatic rings. The SMILES string of the molecule is C[C@]1(c2ccccc2)O[P@](OC2[C@@H](CO)O[C@@H](n3ccc(=O)[nH]c3=O)[C@H]2F)N2CCC[C@H]21. The van der Waals surface area contributed by atoms with Crippen LogP contribution in [0, 0.1) is 0 Å². The van der Waals surface area contributed by atoms with Crippen molar-refractivity contribution in [3.05, 3.63) is 69.0 Å². The largest absolute Gasteiger partial charge is 0.394 e. The third-order valence-electron chi connectivity index (χ3n) is 6.47. The number of aromatic nitrogens is 2. The van der Waals surface area contributed by atoms with Crippen LogP contribution in [0.4, 0.5) is 4.39 Å². The predicted molar refractivity (Wildman–Crippen MR) is 114 cm³/mol. The van der Waals surface area contributed by atoms with Crippen molar-refractivity contribution in [2.45, 2.75) is 56.0 Å². The Morgan fingerprint density at radius 3 is 2.81 bits per heavy atom. The summed E-state index contributed by atoms with van der Waals surface area (Å²) in [7, 11) is -1.61. The molecule has 7 atom stereocenters. The van der Waals surface area contributed by atoms with Crippen molar-refractivity contribution in [2.24, 2.45) is 0 Å². The van der Waals surface area contributed by atoms with Gasteiger partial charge < -0.3 is 18.9 Å². The smallest absolute Gasteiger partial charge is 0.330 e. The van der Waals surface area contributed by atoms with Crippen molar-refractivity contribution in [1.29, 1.82) is 0 Å². The number of rotatable bonds is 5. The fourth-order valence-electron chi connectivity index (χ4n) is 4.80. The van der Waals surface area contributed by atoms with E-state index in [-0.39, 0.29) is 6.04 Å². The van der Waals surface area contributed by atoms with Crippen LogP contribution in [0.5, 0.6) is 0 Å². The van der Waals surface area contributed by atoms with Crippen molar-refractivity contribution in [3.8, 4) is 0 Å². The molecule has 11 heteroatoms. The second-order valence-corrected chi connectivity index (χ2v) is 9.79. The van der Waals surface area contributed by atoms with Gasteiger partial charge in [-0.25, -0.2) is 13.9 Å². The molecule has 0 saturated carbocycles. The number of hydrogen-bond donors (Lipinski definition) is 2. The van der Waals surface area contributed by atoms with Gasteiger partial charge in [0.1, 0.15) is 17.8 Å². The predicted octanol–water partition coefficient (Wildman–Crippen LogP) is 1.79. The Kier molecular flexibility index (Phi) is 5.77. The molecule has 1 aromatic carbocycles. The number of alkyl halides is 1. The van der Waals surface area contributed by atoms with Crippen LogP contribution in [0.3, 0.4) is 0 Å². The highest BCUT2D eigenvalue weighted by molar-refractivity contribution is 7.45. The lowest BCUT2D eigenvalue weighted by atomic mass is 9.87. The molecular weight excluding hydrogens is 440 g/mol. The first kappa shape index (κ1) is 21.9. The molecule has 4 heterocycles. The monoisotopic (exact) mass is 465 g/mol. The van der Waals surface area contributed by atoms with E-state index >= 15 is 4.39 Å². The summed E-state index contributed by atoms with van der Waals surface area (Å²) in [5.41, 5.74) is -0.948. The number of nitrogens with one attached hydrogen (secondary N) is 1. The molecule has 3 aliphatic heterocycles. The van der Waals surface area contributed by atoms with Gasteiger partial charge in [0.2, 0.25) is 0 Å². The van der Waals surface area contributed by atoms with E-state index in [2.05, 4.69) is 9.65 Å². The lowest BCUT2D eigenvalue weighted by Crippen LogP contribution is -2.37. The molecular formula is C21H25FN3O6P. The normalized spacial score (nSPS) is 37.1. The summed E-state index contributed by atoms with van der Waals surface area (Å²) in [6.07, 6.45) is -2.08. The van der Waals surface area contributed by atoms with E-state index in [1.807, 2.05) is 37.3 Å². The van der Waals surface area contributed by atoms with E-state index in [9.17, 15) is 14.7 Å². The minimum Gasteiger partial charge on any atom is -0.394 e. The second-order valence-electron chi connectivity index (χ2n) is 8.40. The molecule has 2 N–H and O–H groups in total. The molecule has 32 heavy (non-hydrogen) atoms. The highest BCUT2D eigenvalue weighted by Crippen LogP contribution is 2.64. The summed E-state index contributed by atoms with van der Waals surface area (Å²) in [6, 6.07) is 11.1. The molecule has 0 amide bonds. The van der Waals surface area contributed by atoms with Crippen LogP contribution < -0.4 is 11.2 Å². The zero-order chi connectivity index (χ0) is 22.5.